The van der Waals surface area contributed by atoms with Crippen LogP contribution in [0.4, 0.5) is 5.69 Å². The predicted octanol–water partition coefficient (Wildman–Crippen LogP) is 2.60. The summed E-state index contributed by atoms with van der Waals surface area (Å²) in [7, 11) is -0.0579. The van der Waals surface area contributed by atoms with E-state index in [-0.39, 0.29) is 0 Å². The highest BCUT2D eigenvalue weighted by molar-refractivity contribution is 7.94. The van der Waals surface area contributed by atoms with Crippen molar-refractivity contribution in [2.75, 3.05) is 18.4 Å². The molecule has 0 saturated heterocycles. The van der Waals surface area contributed by atoms with Crippen LogP contribution in [0, 0.1) is 6.92 Å². The molecule has 0 amide bonds. The maximum Gasteiger partial charge on any atom is 0.273 e. The molecule has 0 aliphatic carbocycles. The fraction of sp³-hybridized carbons (Fsp3) is 0.286. The Labute approximate surface area is 124 Å². The molecule has 4 nitrogen and oxygen atoms in total. The van der Waals surface area contributed by atoms with Gasteiger partial charge >= 0.3 is 0 Å². The van der Waals surface area contributed by atoms with Gasteiger partial charge in [0.15, 0.2) is 0 Å². The highest BCUT2D eigenvalue weighted by Crippen LogP contribution is 2.27. The summed E-state index contributed by atoms with van der Waals surface area (Å²) in [6, 6.07) is 10.9. The second kappa shape index (κ2) is 5.95. The van der Waals surface area contributed by atoms with Crippen molar-refractivity contribution < 1.29 is 8.42 Å². The van der Waals surface area contributed by atoms with Gasteiger partial charge in [-0.15, -0.1) is 11.3 Å². The first-order chi connectivity index (χ1) is 9.45. The van der Waals surface area contributed by atoms with Gasteiger partial charge in [0.2, 0.25) is 0 Å². The van der Waals surface area contributed by atoms with Crippen molar-refractivity contribution >= 4 is 27.0 Å². The van der Waals surface area contributed by atoms with Gasteiger partial charge in [0, 0.05) is 18.5 Å². The van der Waals surface area contributed by atoms with Gasteiger partial charge in [0.1, 0.15) is 4.21 Å². The quantitative estimate of drug-likeness (QED) is 0.923. The summed E-state index contributed by atoms with van der Waals surface area (Å²) < 4.78 is 26.8. The van der Waals surface area contributed by atoms with Crippen molar-refractivity contribution in [1.29, 1.82) is 0 Å². The maximum absolute atomic E-state index is 12.6. The molecule has 108 valence electrons. The molecule has 0 atom stereocenters. The van der Waals surface area contributed by atoms with E-state index in [0.29, 0.717) is 16.4 Å². The molecule has 0 saturated carbocycles. The first kappa shape index (κ1) is 15.0. The molecule has 20 heavy (non-hydrogen) atoms. The van der Waals surface area contributed by atoms with Gasteiger partial charge in [0.05, 0.1) is 5.69 Å². The lowest BCUT2D eigenvalue weighted by Crippen LogP contribution is -2.25. The average molecular weight is 310 g/mol. The number of anilines is 1. The lowest BCUT2D eigenvalue weighted by atomic mass is 10.2. The highest BCUT2D eigenvalue weighted by Gasteiger charge is 2.23. The summed E-state index contributed by atoms with van der Waals surface area (Å²) in [4.78, 5) is 1.00. The minimum absolute atomic E-state index is 0.367. The molecule has 0 fully saturated rings. The lowest BCUT2D eigenvalue weighted by molar-refractivity contribution is 0.596. The fourth-order valence-electron chi connectivity index (χ4n) is 1.79. The van der Waals surface area contributed by atoms with E-state index in [1.165, 1.54) is 15.6 Å². The summed E-state index contributed by atoms with van der Waals surface area (Å²) in [5.74, 6) is 0. The molecule has 1 heterocycles. The molecule has 0 spiro atoms. The van der Waals surface area contributed by atoms with Crippen molar-refractivity contribution in [2.45, 2.75) is 17.7 Å². The Kier molecular flexibility index (Phi) is 4.47. The van der Waals surface area contributed by atoms with Crippen LogP contribution in [0.25, 0.3) is 0 Å². The van der Waals surface area contributed by atoms with E-state index in [2.05, 4.69) is 5.32 Å². The summed E-state index contributed by atoms with van der Waals surface area (Å²) in [5.41, 5.74) is 1.77. The number of aryl methyl sites for hydroxylation is 1. The first-order valence-electron chi connectivity index (χ1n) is 6.24. The molecule has 1 aromatic carbocycles. The van der Waals surface area contributed by atoms with Crippen LogP contribution in [0.5, 0.6) is 0 Å². The van der Waals surface area contributed by atoms with E-state index >= 15 is 0 Å². The van der Waals surface area contributed by atoms with Crippen molar-refractivity contribution in [2.24, 2.45) is 0 Å². The molecule has 1 aromatic heterocycles. The van der Waals surface area contributed by atoms with Gasteiger partial charge in [-0.1, -0.05) is 17.7 Å². The topological polar surface area (TPSA) is 49.4 Å². The van der Waals surface area contributed by atoms with E-state index in [1.54, 1.807) is 13.1 Å². The zero-order valence-corrected chi connectivity index (χ0v) is 13.4. The Bertz CT molecular complexity index is 675. The molecule has 0 bridgehead atoms. The standard InChI is InChI=1S/C14H18N2O2S2/c1-11-4-6-12(7-5-11)16(3)20(17,18)14-9-8-13(19-14)10-15-2/h4-9,15H,10H2,1-3H3. The Morgan fingerprint density at radius 1 is 1.15 bits per heavy atom. The summed E-state index contributed by atoms with van der Waals surface area (Å²) in [6.45, 7) is 2.65. The van der Waals surface area contributed by atoms with Gasteiger partial charge in [0.25, 0.3) is 10.0 Å². The van der Waals surface area contributed by atoms with Crippen molar-refractivity contribution in [1.82, 2.24) is 5.32 Å². The van der Waals surface area contributed by atoms with Gasteiger partial charge in [-0.25, -0.2) is 8.42 Å². The van der Waals surface area contributed by atoms with Crippen molar-refractivity contribution in [3.63, 3.8) is 0 Å². The monoisotopic (exact) mass is 310 g/mol. The molecular formula is C14H18N2O2S2. The Hall–Kier alpha value is -1.37. The maximum atomic E-state index is 12.6. The fourth-order valence-corrected chi connectivity index (χ4v) is 4.53. The third-order valence-electron chi connectivity index (χ3n) is 3.00. The third kappa shape index (κ3) is 3.03. The summed E-state index contributed by atoms with van der Waals surface area (Å²) in [6.07, 6.45) is 0. The molecule has 0 unspecified atom stereocenters. The molecule has 1 N–H and O–H groups in total. The Morgan fingerprint density at radius 3 is 2.40 bits per heavy atom. The zero-order chi connectivity index (χ0) is 14.8. The third-order valence-corrected chi connectivity index (χ3v) is 6.34. The van der Waals surface area contributed by atoms with Crippen molar-refractivity contribution in [3.05, 3.63) is 46.8 Å². The van der Waals surface area contributed by atoms with Crippen LogP contribution < -0.4 is 9.62 Å². The normalized spacial score (nSPS) is 11.6. The largest absolute Gasteiger partial charge is 0.315 e. The smallest absolute Gasteiger partial charge is 0.273 e. The molecule has 0 radical (unpaired) electrons. The van der Waals surface area contributed by atoms with E-state index in [9.17, 15) is 8.42 Å². The minimum Gasteiger partial charge on any atom is -0.315 e. The number of hydrogen-bond donors (Lipinski definition) is 1. The zero-order valence-electron chi connectivity index (χ0n) is 11.8. The number of hydrogen-bond acceptors (Lipinski definition) is 4. The Morgan fingerprint density at radius 2 is 1.80 bits per heavy atom. The second-order valence-corrected chi connectivity index (χ2v) is 7.92. The van der Waals surface area contributed by atoms with Crippen LogP contribution in [0.3, 0.4) is 0 Å². The highest BCUT2D eigenvalue weighted by atomic mass is 32.2. The van der Waals surface area contributed by atoms with E-state index < -0.39 is 10.0 Å². The second-order valence-electron chi connectivity index (χ2n) is 4.56. The average Bonchev–Trinajstić information content (AvgIpc) is 2.88. The summed E-state index contributed by atoms with van der Waals surface area (Å²) in [5, 5.41) is 3.02. The molecule has 6 heteroatoms. The number of nitrogens with one attached hydrogen (secondary N) is 1. The van der Waals surface area contributed by atoms with Crippen molar-refractivity contribution in [3.8, 4) is 0 Å². The predicted molar refractivity (Wildman–Crippen MR) is 83.9 cm³/mol. The molecule has 0 aliphatic rings. The molecule has 0 aliphatic heterocycles. The number of rotatable bonds is 5. The van der Waals surface area contributed by atoms with Gasteiger partial charge in [-0.05, 0) is 38.2 Å². The van der Waals surface area contributed by atoms with Crippen LogP contribution in [-0.2, 0) is 16.6 Å². The minimum atomic E-state index is -3.48. The summed E-state index contributed by atoms with van der Waals surface area (Å²) >= 11 is 1.30. The van der Waals surface area contributed by atoms with Gasteiger partial charge < -0.3 is 5.32 Å². The van der Waals surface area contributed by atoms with E-state index in [0.717, 1.165) is 10.4 Å². The van der Waals surface area contributed by atoms with Crippen LogP contribution in [0.2, 0.25) is 0 Å². The van der Waals surface area contributed by atoms with Gasteiger partial charge in [-0.2, -0.15) is 0 Å². The van der Waals surface area contributed by atoms with E-state index in [1.807, 2.05) is 44.3 Å². The molecular weight excluding hydrogens is 292 g/mol. The van der Waals surface area contributed by atoms with Crippen LogP contribution in [0.1, 0.15) is 10.4 Å². The lowest BCUT2D eigenvalue weighted by Gasteiger charge is -2.18. The van der Waals surface area contributed by atoms with Crippen LogP contribution >= 0.6 is 11.3 Å². The van der Waals surface area contributed by atoms with E-state index in [4.69, 9.17) is 0 Å². The van der Waals surface area contributed by atoms with Crippen LogP contribution in [-0.4, -0.2) is 22.5 Å². The Balaban J connectivity index is 2.30. The van der Waals surface area contributed by atoms with Gasteiger partial charge in [-0.3, -0.25) is 4.31 Å². The SMILES string of the molecule is CNCc1ccc(S(=O)(=O)N(C)c2ccc(C)cc2)s1. The first-order valence-corrected chi connectivity index (χ1v) is 8.49. The van der Waals surface area contributed by atoms with Crippen LogP contribution in [0.15, 0.2) is 40.6 Å². The number of thiophene rings is 1. The number of sulfonamides is 1. The number of nitrogens with zero attached hydrogens (tertiary/aromatic N) is 1. The molecule has 2 aromatic rings. The molecule has 2 rings (SSSR count). The number of benzene rings is 1.